The molecule has 0 saturated heterocycles. The topological polar surface area (TPSA) is 35.5 Å². The van der Waals surface area contributed by atoms with Gasteiger partial charge in [0.05, 0.1) is 0 Å². The van der Waals surface area contributed by atoms with Crippen LogP contribution in [0.3, 0.4) is 0 Å². The maximum Gasteiger partial charge on any atom is 0.188 e. The molecule has 2 unspecified atom stereocenters. The van der Waals surface area contributed by atoms with Gasteiger partial charge in [-0.25, -0.2) is 0 Å². The highest BCUT2D eigenvalue weighted by molar-refractivity contribution is 7.48. The lowest BCUT2D eigenvalue weighted by molar-refractivity contribution is 0.0495. The Morgan fingerprint density at radius 3 is 2.50 bits per heavy atom. The van der Waals surface area contributed by atoms with E-state index in [-0.39, 0.29) is 17.7 Å². The number of ketones is 1. The fraction of sp³-hybridized carbons (Fsp3) is 0.409. The average molecular weight is 372 g/mol. The number of aryl methyl sites for hydroxylation is 2. The zero-order valence-electron chi connectivity index (χ0n) is 16.6. The van der Waals surface area contributed by atoms with E-state index in [0.29, 0.717) is 8.58 Å². The summed E-state index contributed by atoms with van der Waals surface area (Å²) in [4.78, 5) is 12.1. The summed E-state index contributed by atoms with van der Waals surface area (Å²) >= 11 is 0. The number of ether oxygens (including phenoxy) is 2. The second-order valence-corrected chi connectivity index (χ2v) is 8.81. The Balaban J connectivity index is 2.54. The fourth-order valence-electron chi connectivity index (χ4n) is 3.22. The largest absolute Gasteiger partial charge is 0.467 e. The number of carbonyl (C=O) groups excluding carboxylic acids is 1. The normalized spacial score (nSPS) is 13.8. The number of rotatable bonds is 8. The number of methoxy groups -OCH3 is 1. The molecule has 0 amide bonds. The van der Waals surface area contributed by atoms with Crippen molar-refractivity contribution in [3.8, 4) is 5.75 Å². The Bertz CT molecular complexity index is 785. The minimum Gasteiger partial charge on any atom is -0.467 e. The average Bonchev–Trinajstić information content (AvgIpc) is 2.60. The van der Waals surface area contributed by atoms with E-state index in [1.54, 1.807) is 14.0 Å². The second-order valence-electron chi connectivity index (χ2n) is 6.92. The van der Waals surface area contributed by atoms with Gasteiger partial charge in [-0.1, -0.05) is 64.4 Å². The molecule has 0 N–H and O–H groups in total. The molecule has 0 aliphatic rings. The summed E-state index contributed by atoms with van der Waals surface area (Å²) in [5, 5.41) is 0.993. The van der Waals surface area contributed by atoms with Crippen molar-refractivity contribution in [2.45, 2.75) is 46.2 Å². The van der Waals surface area contributed by atoms with Crippen molar-refractivity contribution in [3.05, 3.63) is 58.7 Å². The Morgan fingerprint density at radius 1 is 1.19 bits per heavy atom. The SMILES string of the molecule is CCC(C)(Pc1ccccc1C(C)=O)c1cc(C)cc(C)c1OCOC. The quantitative estimate of drug-likeness (QED) is 0.367. The molecule has 4 heteroatoms. The van der Waals surface area contributed by atoms with Crippen LogP contribution in [-0.2, 0) is 9.89 Å². The third-order valence-electron chi connectivity index (χ3n) is 4.76. The van der Waals surface area contributed by atoms with Gasteiger partial charge in [-0.2, -0.15) is 0 Å². The molecule has 0 fully saturated rings. The molecule has 0 spiro atoms. The highest BCUT2D eigenvalue weighted by Crippen LogP contribution is 2.48. The van der Waals surface area contributed by atoms with Crippen molar-refractivity contribution in [3.63, 3.8) is 0 Å². The highest BCUT2D eigenvalue weighted by Gasteiger charge is 2.31. The van der Waals surface area contributed by atoms with E-state index in [2.05, 4.69) is 45.9 Å². The van der Waals surface area contributed by atoms with Crippen LogP contribution in [0.1, 0.15) is 54.2 Å². The Labute approximate surface area is 158 Å². The van der Waals surface area contributed by atoms with Crippen molar-refractivity contribution in [1.82, 2.24) is 0 Å². The van der Waals surface area contributed by atoms with Crippen LogP contribution in [0.2, 0.25) is 0 Å². The lowest BCUT2D eigenvalue weighted by Gasteiger charge is -2.32. The van der Waals surface area contributed by atoms with Gasteiger partial charge >= 0.3 is 0 Å². The van der Waals surface area contributed by atoms with Crippen molar-refractivity contribution in [1.29, 1.82) is 0 Å². The zero-order chi connectivity index (χ0) is 19.3. The summed E-state index contributed by atoms with van der Waals surface area (Å²) < 4.78 is 11.1. The number of Topliss-reactive ketones (excluding diaryl/α,β-unsaturated/α-hetero) is 1. The monoisotopic (exact) mass is 372 g/mol. The summed E-state index contributed by atoms with van der Waals surface area (Å²) in [5.41, 5.74) is 4.33. The first-order chi connectivity index (χ1) is 12.3. The Kier molecular flexibility index (Phi) is 6.97. The molecule has 0 aromatic heterocycles. The number of hydrogen-bond acceptors (Lipinski definition) is 3. The van der Waals surface area contributed by atoms with Gasteiger partial charge < -0.3 is 9.47 Å². The molecule has 2 atom stereocenters. The smallest absolute Gasteiger partial charge is 0.188 e. The molecule has 0 aliphatic carbocycles. The van der Waals surface area contributed by atoms with Crippen LogP contribution in [0.25, 0.3) is 0 Å². The first kappa shape index (κ1) is 20.6. The van der Waals surface area contributed by atoms with Crippen LogP contribution in [0, 0.1) is 13.8 Å². The van der Waals surface area contributed by atoms with E-state index in [1.807, 2.05) is 18.2 Å². The molecule has 0 heterocycles. The van der Waals surface area contributed by atoms with Crippen LogP contribution in [0.5, 0.6) is 5.75 Å². The summed E-state index contributed by atoms with van der Waals surface area (Å²) in [7, 11) is 2.10. The fourth-order valence-corrected chi connectivity index (χ4v) is 4.88. The van der Waals surface area contributed by atoms with Crippen LogP contribution in [-0.4, -0.2) is 19.7 Å². The molecule has 2 aromatic carbocycles. The number of benzene rings is 2. The van der Waals surface area contributed by atoms with Gasteiger partial charge in [0.25, 0.3) is 0 Å². The molecule has 2 aromatic rings. The van der Waals surface area contributed by atoms with Crippen molar-refractivity contribution >= 4 is 19.7 Å². The molecule has 0 aliphatic heterocycles. The van der Waals surface area contributed by atoms with E-state index >= 15 is 0 Å². The van der Waals surface area contributed by atoms with Gasteiger partial charge in [0.15, 0.2) is 12.6 Å². The highest BCUT2D eigenvalue weighted by atomic mass is 31.1. The molecule has 26 heavy (non-hydrogen) atoms. The van der Waals surface area contributed by atoms with Crippen molar-refractivity contribution < 1.29 is 14.3 Å². The summed E-state index contributed by atoms with van der Waals surface area (Å²) in [6.45, 7) is 10.5. The zero-order valence-corrected chi connectivity index (χ0v) is 17.6. The predicted molar refractivity (Wildman–Crippen MR) is 110 cm³/mol. The van der Waals surface area contributed by atoms with E-state index < -0.39 is 0 Å². The van der Waals surface area contributed by atoms with Gasteiger partial charge in [-0.05, 0) is 38.1 Å². The third kappa shape index (κ3) is 4.52. The van der Waals surface area contributed by atoms with E-state index in [0.717, 1.165) is 28.6 Å². The predicted octanol–water partition coefficient (Wildman–Crippen LogP) is 5.12. The van der Waals surface area contributed by atoms with E-state index in [4.69, 9.17) is 9.47 Å². The van der Waals surface area contributed by atoms with Gasteiger partial charge in [0, 0.05) is 23.4 Å². The maximum absolute atomic E-state index is 12.1. The lowest BCUT2D eigenvalue weighted by Crippen LogP contribution is -2.22. The minimum absolute atomic E-state index is 0.114. The molecule has 0 bridgehead atoms. The van der Waals surface area contributed by atoms with Gasteiger partial charge in [-0.15, -0.1) is 0 Å². The third-order valence-corrected chi connectivity index (χ3v) is 6.64. The van der Waals surface area contributed by atoms with Crippen LogP contribution < -0.4 is 10.0 Å². The van der Waals surface area contributed by atoms with Gasteiger partial charge in [-0.3, -0.25) is 4.79 Å². The molecule has 2 rings (SSSR count). The molecule has 140 valence electrons. The van der Waals surface area contributed by atoms with Crippen LogP contribution in [0.15, 0.2) is 36.4 Å². The molecule has 0 saturated carbocycles. The van der Waals surface area contributed by atoms with Crippen molar-refractivity contribution in [2.75, 3.05) is 13.9 Å². The molecular formula is C22H29O3P. The summed E-state index contributed by atoms with van der Waals surface area (Å²) in [6.07, 6.45) is 0.948. The molecule has 3 nitrogen and oxygen atoms in total. The van der Waals surface area contributed by atoms with Crippen molar-refractivity contribution in [2.24, 2.45) is 0 Å². The molecular weight excluding hydrogens is 343 g/mol. The van der Waals surface area contributed by atoms with E-state index in [1.165, 1.54) is 11.1 Å². The Morgan fingerprint density at radius 2 is 1.88 bits per heavy atom. The van der Waals surface area contributed by atoms with Gasteiger partial charge in [0.2, 0.25) is 0 Å². The first-order valence-corrected chi connectivity index (χ1v) is 9.94. The number of carbonyl (C=O) groups is 1. The maximum atomic E-state index is 12.1. The number of hydrogen-bond donors (Lipinski definition) is 0. The first-order valence-electron chi connectivity index (χ1n) is 8.94. The van der Waals surface area contributed by atoms with Crippen LogP contribution in [0.4, 0.5) is 0 Å². The molecule has 0 radical (unpaired) electrons. The summed E-state index contributed by atoms with van der Waals surface area (Å²) in [5.74, 6) is 1.01. The van der Waals surface area contributed by atoms with Gasteiger partial charge in [0.1, 0.15) is 5.75 Å². The van der Waals surface area contributed by atoms with E-state index in [9.17, 15) is 4.79 Å². The lowest BCUT2D eigenvalue weighted by atomic mass is 9.92. The minimum atomic E-state index is -0.120. The second kappa shape index (κ2) is 8.79. The standard InChI is InChI=1S/C22H29O3P/c1-7-22(5,26-20-11-9-8-10-18(20)17(4)23)19-13-15(2)12-16(3)21(19)25-14-24-6/h8-13,26H,7,14H2,1-6H3. The van der Waals surface area contributed by atoms with Crippen LogP contribution >= 0.6 is 8.58 Å². The summed E-state index contributed by atoms with van der Waals surface area (Å²) in [6, 6.07) is 12.3. The Hall–Kier alpha value is -1.70.